The van der Waals surface area contributed by atoms with E-state index in [2.05, 4.69) is 4.74 Å². The number of nitriles is 1. The first-order valence-corrected chi connectivity index (χ1v) is 8.47. The highest BCUT2D eigenvalue weighted by Crippen LogP contribution is 2.48. The lowest BCUT2D eigenvalue weighted by Gasteiger charge is -2.35. The number of amides is 1. The Balaban J connectivity index is 3.18. The molecule has 13 heteroatoms. The molecule has 1 unspecified atom stereocenters. The van der Waals surface area contributed by atoms with E-state index in [4.69, 9.17) is 5.26 Å². The van der Waals surface area contributed by atoms with Gasteiger partial charge in [-0.05, 0) is 19.1 Å². The SMILES string of the molecule is COC(=O)C1=C(CF)N(C(=O)O)C(C)=C(C(=O)O)C1c1c(F)ccc(C#N)c1C(F)(F)F. The van der Waals surface area contributed by atoms with Crippen molar-refractivity contribution in [3.8, 4) is 6.07 Å². The van der Waals surface area contributed by atoms with Crippen molar-refractivity contribution in [2.75, 3.05) is 13.8 Å². The van der Waals surface area contributed by atoms with E-state index >= 15 is 0 Å². The number of benzene rings is 1. The summed E-state index contributed by atoms with van der Waals surface area (Å²) in [5, 5.41) is 28.2. The minimum atomic E-state index is -5.40. The van der Waals surface area contributed by atoms with Crippen LogP contribution in [0.5, 0.6) is 0 Å². The van der Waals surface area contributed by atoms with Crippen LogP contribution < -0.4 is 0 Å². The molecular formula is C19H13F5N2O6. The number of esters is 1. The molecule has 0 aliphatic carbocycles. The van der Waals surface area contributed by atoms with Crippen molar-refractivity contribution < 1.29 is 51.3 Å². The average molecular weight is 460 g/mol. The maximum absolute atomic E-state index is 14.8. The normalized spacial score (nSPS) is 16.7. The van der Waals surface area contributed by atoms with Crippen LogP contribution in [-0.2, 0) is 20.5 Å². The van der Waals surface area contributed by atoms with Crippen LogP contribution in [0.1, 0.15) is 29.5 Å². The van der Waals surface area contributed by atoms with E-state index in [1.807, 2.05) is 0 Å². The highest BCUT2D eigenvalue weighted by molar-refractivity contribution is 6.00. The van der Waals surface area contributed by atoms with Gasteiger partial charge in [0, 0.05) is 11.3 Å². The van der Waals surface area contributed by atoms with Gasteiger partial charge in [-0.3, -0.25) is 4.90 Å². The zero-order valence-electron chi connectivity index (χ0n) is 16.3. The Morgan fingerprint density at radius 1 is 1.22 bits per heavy atom. The minimum absolute atomic E-state index is 0.0610. The Hall–Kier alpha value is -3.95. The molecule has 8 nitrogen and oxygen atoms in total. The molecule has 32 heavy (non-hydrogen) atoms. The lowest BCUT2D eigenvalue weighted by molar-refractivity contribution is -0.140. The van der Waals surface area contributed by atoms with Gasteiger partial charge in [0.2, 0.25) is 0 Å². The maximum atomic E-state index is 14.8. The average Bonchev–Trinajstić information content (AvgIpc) is 2.70. The number of rotatable bonds is 4. The number of carboxylic acids is 1. The van der Waals surface area contributed by atoms with E-state index < -0.39 is 81.8 Å². The number of allylic oxidation sites excluding steroid dienone is 2. The predicted octanol–water partition coefficient (Wildman–Crippen LogP) is 3.55. The van der Waals surface area contributed by atoms with Crippen molar-refractivity contribution in [1.29, 1.82) is 5.26 Å². The molecule has 0 aromatic heterocycles. The second-order valence-corrected chi connectivity index (χ2v) is 6.33. The minimum Gasteiger partial charge on any atom is -0.478 e. The van der Waals surface area contributed by atoms with E-state index in [1.165, 1.54) is 6.07 Å². The Labute approximate surface area is 176 Å². The number of hydrogen-bond donors (Lipinski definition) is 2. The second kappa shape index (κ2) is 8.66. The monoisotopic (exact) mass is 460 g/mol. The van der Waals surface area contributed by atoms with E-state index in [0.717, 1.165) is 14.0 Å². The van der Waals surface area contributed by atoms with Gasteiger partial charge in [0.15, 0.2) is 0 Å². The fraction of sp³-hybridized carbons (Fsp3) is 0.263. The van der Waals surface area contributed by atoms with Crippen LogP contribution in [0, 0.1) is 17.1 Å². The smallest absolute Gasteiger partial charge is 0.418 e. The van der Waals surface area contributed by atoms with E-state index in [-0.39, 0.29) is 4.90 Å². The van der Waals surface area contributed by atoms with Crippen molar-refractivity contribution in [3.63, 3.8) is 0 Å². The highest BCUT2D eigenvalue weighted by atomic mass is 19.4. The van der Waals surface area contributed by atoms with Gasteiger partial charge in [0.25, 0.3) is 0 Å². The lowest BCUT2D eigenvalue weighted by Crippen LogP contribution is -2.39. The fourth-order valence-corrected chi connectivity index (χ4v) is 3.54. The molecule has 1 heterocycles. The number of carboxylic acid groups (broad SMARTS) is 2. The number of ether oxygens (including phenoxy) is 1. The van der Waals surface area contributed by atoms with Gasteiger partial charge in [0.1, 0.15) is 12.5 Å². The van der Waals surface area contributed by atoms with E-state index in [1.54, 1.807) is 0 Å². The third kappa shape index (κ3) is 3.86. The van der Waals surface area contributed by atoms with E-state index in [9.17, 15) is 46.5 Å². The van der Waals surface area contributed by atoms with Gasteiger partial charge >= 0.3 is 24.2 Å². The van der Waals surface area contributed by atoms with Gasteiger partial charge in [-0.25, -0.2) is 23.2 Å². The quantitative estimate of drug-likeness (QED) is 0.520. The van der Waals surface area contributed by atoms with Crippen molar-refractivity contribution in [1.82, 2.24) is 4.90 Å². The van der Waals surface area contributed by atoms with Gasteiger partial charge in [-0.1, -0.05) is 0 Å². The van der Waals surface area contributed by atoms with Gasteiger partial charge in [-0.15, -0.1) is 0 Å². The summed E-state index contributed by atoms with van der Waals surface area (Å²) in [6.45, 7) is -0.911. The molecule has 0 saturated heterocycles. The van der Waals surface area contributed by atoms with Crippen molar-refractivity contribution in [2.24, 2.45) is 0 Å². The molecule has 0 bridgehead atoms. The van der Waals surface area contributed by atoms with Crippen LogP contribution >= 0.6 is 0 Å². The summed E-state index contributed by atoms with van der Waals surface area (Å²) in [7, 11) is 0.728. The third-order valence-electron chi connectivity index (χ3n) is 4.72. The molecule has 0 fully saturated rings. The molecule has 0 radical (unpaired) electrons. The van der Waals surface area contributed by atoms with E-state index in [0.29, 0.717) is 12.1 Å². The van der Waals surface area contributed by atoms with Crippen LogP contribution in [0.25, 0.3) is 0 Å². The number of nitrogens with zero attached hydrogens (tertiary/aromatic N) is 2. The fourth-order valence-electron chi connectivity index (χ4n) is 3.54. The molecule has 0 saturated carbocycles. The number of carbonyl (C=O) groups excluding carboxylic acids is 1. The molecule has 1 aliphatic rings. The van der Waals surface area contributed by atoms with Crippen LogP contribution in [0.3, 0.4) is 0 Å². The summed E-state index contributed by atoms with van der Waals surface area (Å²) in [6, 6.07) is 2.17. The number of halogens is 5. The van der Waals surface area contributed by atoms with Gasteiger partial charge in [-0.2, -0.15) is 18.4 Å². The number of aliphatic carboxylic acids is 1. The van der Waals surface area contributed by atoms with Crippen molar-refractivity contribution >= 4 is 18.0 Å². The highest BCUT2D eigenvalue weighted by Gasteiger charge is 2.48. The number of alkyl halides is 4. The third-order valence-corrected chi connectivity index (χ3v) is 4.72. The topological polar surface area (TPSA) is 128 Å². The van der Waals surface area contributed by atoms with Crippen LogP contribution in [-0.4, -0.2) is 46.9 Å². The molecule has 1 amide bonds. The standard InChI is InChI=1S/C19H13F5N2O6/c1-7-11(16(27)28)14(13(17(29)32-2)10(5-20)26(7)18(30)31)12-9(21)4-3-8(6-25)15(12)19(22,23)24/h3-4,14H,5H2,1-2H3,(H,27,28)(H,30,31). The summed E-state index contributed by atoms with van der Waals surface area (Å²) < 4.78 is 74.7. The molecule has 2 rings (SSSR count). The zero-order chi connectivity index (χ0) is 24.5. The summed E-state index contributed by atoms with van der Waals surface area (Å²) >= 11 is 0. The van der Waals surface area contributed by atoms with Crippen LogP contribution in [0.2, 0.25) is 0 Å². The Bertz CT molecular complexity index is 1120. The predicted molar refractivity (Wildman–Crippen MR) is 94.1 cm³/mol. The molecule has 1 aromatic carbocycles. The molecule has 1 atom stereocenters. The first kappa shape index (κ1) is 24.3. The second-order valence-electron chi connectivity index (χ2n) is 6.33. The molecule has 1 aliphatic heterocycles. The molecule has 170 valence electrons. The molecule has 0 spiro atoms. The van der Waals surface area contributed by atoms with Gasteiger partial charge in [0.05, 0.1) is 47.1 Å². The summed E-state index contributed by atoms with van der Waals surface area (Å²) in [4.78, 5) is 36.1. The zero-order valence-corrected chi connectivity index (χ0v) is 16.3. The summed E-state index contributed by atoms with van der Waals surface area (Å²) in [5.41, 5.74) is -8.58. The Kier molecular flexibility index (Phi) is 6.58. The summed E-state index contributed by atoms with van der Waals surface area (Å²) in [5.74, 6) is -7.69. The Morgan fingerprint density at radius 2 is 1.81 bits per heavy atom. The van der Waals surface area contributed by atoms with Gasteiger partial charge < -0.3 is 14.9 Å². The number of hydrogen-bond acceptors (Lipinski definition) is 5. The van der Waals surface area contributed by atoms with Crippen LogP contribution in [0.4, 0.5) is 26.7 Å². The largest absolute Gasteiger partial charge is 0.478 e. The molecule has 1 aromatic rings. The number of carbonyl (C=O) groups is 3. The van der Waals surface area contributed by atoms with Crippen molar-refractivity contribution in [2.45, 2.75) is 19.0 Å². The molecular weight excluding hydrogens is 447 g/mol. The summed E-state index contributed by atoms with van der Waals surface area (Å²) in [6.07, 6.45) is -7.35. The first-order valence-electron chi connectivity index (χ1n) is 8.47. The number of methoxy groups -OCH3 is 1. The first-order chi connectivity index (χ1) is 14.8. The Morgan fingerprint density at radius 3 is 2.22 bits per heavy atom. The van der Waals surface area contributed by atoms with Crippen molar-refractivity contribution in [3.05, 3.63) is 57.2 Å². The maximum Gasteiger partial charge on any atom is 0.418 e. The molecule has 2 N–H and O–H groups in total. The lowest BCUT2D eigenvalue weighted by atomic mass is 9.76. The van der Waals surface area contributed by atoms with Crippen LogP contribution in [0.15, 0.2) is 34.7 Å².